The molecule has 0 radical (unpaired) electrons. The quantitative estimate of drug-likeness (QED) is 0.371. The minimum atomic E-state index is 0.147. The van der Waals surface area contributed by atoms with Gasteiger partial charge in [0.25, 0.3) is 0 Å². The van der Waals surface area contributed by atoms with Crippen LogP contribution in [0.15, 0.2) is 30.6 Å². The molecule has 10 nitrogen and oxygen atoms in total. The highest BCUT2D eigenvalue weighted by Crippen LogP contribution is 2.43. The van der Waals surface area contributed by atoms with Crippen molar-refractivity contribution in [2.75, 3.05) is 41.3 Å². The van der Waals surface area contributed by atoms with Gasteiger partial charge in [-0.25, -0.2) is 14.9 Å². The summed E-state index contributed by atoms with van der Waals surface area (Å²) in [5, 5.41) is 9.68. The summed E-state index contributed by atoms with van der Waals surface area (Å²) in [5.74, 6) is 2.92. The highest BCUT2D eigenvalue weighted by Gasteiger charge is 2.21. The Morgan fingerprint density at radius 2 is 1.78 bits per heavy atom. The Balaban J connectivity index is 1.68. The number of nitrogens with zero attached hydrogens (tertiary/aromatic N) is 3. The zero-order valence-corrected chi connectivity index (χ0v) is 18.2. The van der Waals surface area contributed by atoms with Crippen molar-refractivity contribution in [3.63, 3.8) is 0 Å². The Morgan fingerprint density at radius 3 is 2.53 bits per heavy atom. The molecule has 1 N–H and O–H groups in total. The van der Waals surface area contributed by atoms with Gasteiger partial charge in [0.2, 0.25) is 12.5 Å². The number of aromatic nitrogens is 2. The molecule has 1 aliphatic rings. The van der Waals surface area contributed by atoms with Crippen LogP contribution in [0.25, 0.3) is 10.9 Å². The van der Waals surface area contributed by atoms with Crippen LogP contribution in [0, 0.1) is 0 Å². The van der Waals surface area contributed by atoms with E-state index in [1.165, 1.54) is 6.33 Å². The van der Waals surface area contributed by atoms with E-state index in [2.05, 4.69) is 19.8 Å². The molecule has 2 aromatic carbocycles. The second-order valence-corrected chi connectivity index (χ2v) is 7.09. The van der Waals surface area contributed by atoms with Crippen LogP contribution in [-0.4, -0.2) is 61.4 Å². The molecular formula is C22H25N3O7. The van der Waals surface area contributed by atoms with E-state index in [4.69, 9.17) is 28.9 Å². The predicted molar refractivity (Wildman–Crippen MR) is 114 cm³/mol. The number of ether oxygens (including phenoxy) is 5. The van der Waals surface area contributed by atoms with Gasteiger partial charge in [-0.15, -0.1) is 0 Å². The maximum absolute atomic E-state index is 8.90. The SMILES string of the molecule is COc1cc2c(CN(CCOO)Cc3ccc4c(c3)OCO4)ncnc2c(OC)c1OC. The molecule has 2 heterocycles. The van der Waals surface area contributed by atoms with Crippen LogP contribution >= 0.6 is 0 Å². The lowest BCUT2D eigenvalue weighted by atomic mass is 10.1. The summed E-state index contributed by atoms with van der Waals surface area (Å²) in [6.45, 7) is 1.89. The normalized spacial score (nSPS) is 12.4. The third-order valence-electron chi connectivity index (χ3n) is 5.23. The van der Waals surface area contributed by atoms with E-state index in [1.807, 2.05) is 24.3 Å². The van der Waals surface area contributed by atoms with Crippen LogP contribution in [0.4, 0.5) is 0 Å². The molecule has 0 saturated carbocycles. The molecule has 0 aliphatic carbocycles. The average molecular weight is 443 g/mol. The first-order valence-corrected chi connectivity index (χ1v) is 9.98. The highest BCUT2D eigenvalue weighted by molar-refractivity contribution is 5.91. The van der Waals surface area contributed by atoms with Crippen molar-refractivity contribution in [2.24, 2.45) is 0 Å². The molecule has 0 amide bonds. The summed E-state index contributed by atoms with van der Waals surface area (Å²) in [7, 11) is 4.68. The minimum Gasteiger partial charge on any atom is -0.493 e. The molecule has 0 saturated heterocycles. The lowest BCUT2D eigenvalue weighted by Gasteiger charge is -2.22. The van der Waals surface area contributed by atoms with Crippen molar-refractivity contribution in [2.45, 2.75) is 13.1 Å². The van der Waals surface area contributed by atoms with E-state index in [0.717, 1.165) is 28.1 Å². The Morgan fingerprint density at radius 1 is 0.969 bits per heavy atom. The molecule has 0 spiro atoms. The number of hydrogen-bond donors (Lipinski definition) is 1. The molecule has 0 atom stereocenters. The minimum absolute atomic E-state index is 0.147. The first-order chi connectivity index (χ1) is 15.7. The number of hydrogen-bond acceptors (Lipinski definition) is 10. The molecule has 10 heteroatoms. The van der Waals surface area contributed by atoms with E-state index in [0.29, 0.717) is 42.4 Å². The van der Waals surface area contributed by atoms with Crippen LogP contribution in [0.1, 0.15) is 11.3 Å². The summed E-state index contributed by atoms with van der Waals surface area (Å²) in [6, 6.07) is 7.66. The maximum atomic E-state index is 8.90. The second kappa shape index (κ2) is 9.86. The van der Waals surface area contributed by atoms with E-state index < -0.39 is 0 Å². The van der Waals surface area contributed by atoms with E-state index in [1.54, 1.807) is 21.3 Å². The van der Waals surface area contributed by atoms with Gasteiger partial charge < -0.3 is 23.7 Å². The fourth-order valence-corrected chi connectivity index (χ4v) is 3.73. The average Bonchev–Trinajstić information content (AvgIpc) is 3.29. The fraction of sp³-hybridized carbons (Fsp3) is 0.364. The zero-order valence-electron chi connectivity index (χ0n) is 18.2. The predicted octanol–water partition coefficient (Wildman–Crippen LogP) is 2.88. The van der Waals surface area contributed by atoms with Crippen molar-refractivity contribution < 1.29 is 33.8 Å². The molecule has 1 aromatic heterocycles. The summed E-state index contributed by atoms with van der Waals surface area (Å²) in [5.41, 5.74) is 2.42. The number of rotatable bonds is 10. The molecule has 0 fully saturated rings. The van der Waals surface area contributed by atoms with Gasteiger partial charge in [0, 0.05) is 25.0 Å². The van der Waals surface area contributed by atoms with Crippen LogP contribution in [0.3, 0.4) is 0 Å². The Labute approximate surface area is 185 Å². The molecule has 4 rings (SSSR count). The lowest BCUT2D eigenvalue weighted by molar-refractivity contribution is -0.244. The van der Waals surface area contributed by atoms with E-state index in [-0.39, 0.29) is 13.4 Å². The van der Waals surface area contributed by atoms with Gasteiger partial charge >= 0.3 is 0 Å². The number of fused-ring (bicyclic) bond motifs is 2. The van der Waals surface area contributed by atoms with Crippen molar-refractivity contribution in [3.05, 3.63) is 41.9 Å². The van der Waals surface area contributed by atoms with Crippen LogP contribution < -0.4 is 23.7 Å². The highest BCUT2D eigenvalue weighted by atomic mass is 17.1. The molecule has 1 aliphatic heterocycles. The van der Waals surface area contributed by atoms with E-state index in [9.17, 15) is 0 Å². The first kappa shape index (κ1) is 21.9. The van der Waals surface area contributed by atoms with Gasteiger partial charge in [0.05, 0.1) is 33.6 Å². The Kier molecular flexibility index (Phi) is 6.74. The van der Waals surface area contributed by atoms with Gasteiger partial charge in [0.15, 0.2) is 23.0 Å². The lowest BCUT2D eigenvalue weighted by Crippen LogP contribution is -2.27. The Bertz CT molecular complexity index is 1090. The third kappa shape index (κ3) is 4.33. The third-order valence-corrected chi connectivity index (χ3v) is 5.23. The number of methoxy groups -OCH3 is 3. The summed E-state index contributed by atoms with van der Waals surface area (Å²) >= 11 is 0. The molecular weight excluding hydrogens is 418 g/mol. The standard InChI is InChI=1S/C22H25N3O7/c1-27-19-9-15-16(23-12-24-20(15)22(29-3)21(19)28-2)11-25(6-7-32-26)10-14-4-5-17-18(8-14)31-13-30-17/h4-5,8-9,12,26H,6-7,10-11,13H2,1-3H3. The van der Waals surface area contributed by atoms with Crippen molar-refractivity contribution in [1.82, 2.24) is 14.9 Å². The Hall–Kier alpha value is -3.34. The van der Waals surface area contributed by atoms with E-state index >= 15 is 0 Å². The van der Waals surface area contributed by atoms with Crippen molar-refractivity contribution >= 4 is 10.9 Å². The summed E-state index contributed by atoms with van der Waals surface area (Å²) in [4.78, 5) is 15.3. The topological polar surface area (TPSA) is 105 Å². The van der Waals surface area contributed by atoms with Crippen LogP contribution in [0.5, 0.6) is 28.7 Å². The molecule has 0 bridgehead atoms. The van der Waals surface area contributed by atoms with Crippen molar-refractivity contribution in [3.8, 4) is 28.7 Å². The number of benzene rings is 2. The summed E-state index contributed by atoms with van der Waals surface area (Å²) < 4.78 is 27.4. The molecule has 170 valence electrons. The summed E-state index contributed by atoms with van der Waals surface area (Å²) in [6.07, 6.45) is 1.49. The molecule has 32 heavy (non-hydrogen) atoms. The zero-order chi connectivity index (χ0) is 22.5. The van der Waals surface area contributed by atoms with Gasteiger partial charge in [-0.2, -0.15) is 0 Å². The van der Waals surface area contributed by atoms with Crippen LogP contribution in [-0.2, 0) is 18.0 Å². The largest absolute Gasteiger partial charge is 0.493 e. The van der Waals surface area contributed by atoms with Crippen LogP contribution in [0.2, 0.25) is 0 Å². The van der Waals surface area contributed by atoms with Gasteiger partial charge in [0.1, 0.15) is 11.8 Å². The first-order valence-electron chi connectivity index (χ1n) is 9.98. The molecule has 0 unspecified atom stereocenters. The second-order valence-electron chi connectivity index (χ2n) is 7.09. The smallest absolute Gasteiger partial charge is 0.231 e. The monoisotopic (exact) mass is 443 g/mol. The van der Waals surface area contributed by atoms with Gasteiger partial charge in [-0.1, -0.05) is 6.07 Å². The van der Waals surface area contributed by atoms with Gasteiger partial charge in [-0.05, 0) is 23.8 Å². The van der Waals surface area contributed by atoms with Crippen molar-refractivity contribution in [1.29, 1.82) is 0 Å². The fourth-order valence-electron chi connectivity index (χ4n) is 3.73. The van der Waals surface area contributed by atoms with Gasteiger partial charge in [-0.3, -0.25) is 10.2 Å². The maximum Gasteiger partial charge on any atom is 0.231 e. The molecule has 3 aromatic rings.